The number of rotatable bonds is 4. The Kier molecular flexibility index (Phi) is 5.01. The molecule has 0 radical (unpaired) electrons. The van der Waals surface area contributed by atoms with Gasteiger partial charge in [-0.15, -0.1) is 0 Å². The van der Waals surface area contributed by atoms with Crippen molar-refractivity contribution in [1.82, 2.24) is 0 Å². The van der Waals surface area contributed by atoms with Crippen LogP contribution >= 0.6 is 11.6 Å². The van der Waals surface area contributed by atoms with Crippen LogP contribution in [0.4, 0.5) is 11.4 Å². The lowest BCUT2D eigenvalue weighted by molar-refractivity contribution is 0.102. The van der Waals surface area contributed by atoms with Gasteiger partial charge in [0.25, 0.3) is 5.91 Å². The zero-order valence-electron chi connectivity index (χ0n) is 13.8. The summed E-state index contributed by atoms with van der Waals surface area (Å²) in [5, 5.41) is 3.21. The second-order valence-electron chi connectivity index (χ2n) is 6.15. The van der Waals surface area contributed by atoms with Crippen molar-refractivity contribution in [3.05, 3.63) is 59.1 Å². The number of amides is 1. The number of carbonyl (C=O) groups is 1. The fourth-order valence-electron chi connectivity index (χ4n) is 2.92. The zero-order chi connectivity index (χ0) is 18.0. The van der Waals surface area contributed by atoms with E-state index in [4.69, 9.17) is 11.6 Å². The minimum absolute atomic E-state index is 0.00596. The number of carbonyl (C=O) groups excluding carboxylic acids is 1. The minimum Gasteiger partial charge on any atom is -0.371 e. The molecule has 1 heterocycles. The number of nitrogens with zero attached hydrogens (tertiary/aromatic N) is 1. The molecule has 0 bridgehead atoms. The first-order valence-electron chi connectivity index (χ1n) is 7.95. The third kappa shape index (κ3) is 4.14. The van der Waals surface area contributed by atoms with E-state index in [0.717, 1.165) is 5.69 Å². The van der Waals surface area contributed by atoms with Crippen molar-refractivity contribution >= 4 is 38.7 Å². The number of hydrogen-bond donors (Lipinski definition) is 1. The van der Waals surface area contributed by atoms with Gasteiger partial charge >= 0.3 is 0 Å². The molecule has 0 aliphatic carbocycles. The average Bonchev–Trinajstić information content (AvgIpc) is 2.95. The maximum absolute atomic E-state index is 12.3. The van der Waals surface area contributed by atoms with Crippen molar-refractivity contribution in [2.24, 2.45) is 0 Å². The van der Waals surface area contributed by atoms with E-state index in [-0.39, 0.29) is 23.5 Å². The molecule has 0 saturated carbocycles. The highest BCUT2D eigenvalue weighted by molar-refractivity contribution is 7.91. The standard InChI is InChI=1S/C18H19ClN2O3S/c1-21(15-10-11-25(23,24)12-15)14-8-6-13(7-9-14)20-18(22)16-4-2-3-5-17(16)19/h2-9,15H,10-12H2,1H3,(H,20,22). The molecule has 1 amide bonds. The van der Waals surface area contributed by atoms with Crippen molar-refractivity contribution in [3.8, 4) is 0 Å². The number of hydrogen-bond acceptors (Lipinski definition) is 4. The smallest absolute Gasteiger partial charge is 0.257 e. The lowest BCUT2D eigenvalue weighted by Gasteiger charge is -2.25. The van der Waals surface area contributed by atoms with Gasteiger partial charge in [0.05, 0.1) is 22.1 Å². The van der Waals surface area contributed by atoms with Gasteiger partial charge in [0.1, 0.15) is 0 Å². The van der Waals surface area contributed by atoms with Crippen LogP contribution in [0.3, 0.4) is 0 Å². The number of halogens is 1. The quantitative estimate of drug-likeness (QED) is 0.887. The third-order valence-electron chi connectivity index (χ3n) is 4.41. The van der Waals surface area contributed by atoms with Gasteiger partial charge < -0.3 is 10.2 Å². The highest BCUT2D eigenvalue weighted by Gasteiger charge is 2.30. The monoisotopic (exact) mass is 378 g/mol. The largest absolute Gasteiger partial charge is 0.371 e. The second kappa shape index (κ2) is 7.06. The van der Waals surface area contributed by atoms with Gasteiger partial charge in [-0.2, -0.15) is 0 Å². The molecule has 132 valence electrons. The Morgan fingerprint density at radius 2 is 1.84 bits per heavy atom. The maximum atomic E-state index is 12.3. The summed E-state index contributed by atoms with van der Waals surface area (Å²) in [6.45, 7) is 0. The van der Waals surface area contributed by atoms with Gasteiger partial charge in [0.2, 0.25) is 0 Å². The predicted octanol–water partition coefficient (Wildman–Crippen LogP) is 3.22. The fourth-order valence-corrected chi connectivity index (χ4v) is 4.91. The molecule has 1 unspecified atom stereocenters. The predicted molar refractivity (Wildman–Crippen MR) is 101 cm³/mol. The number of anilines is 2. The third-order valence-corrected chi connectivity index (χ3v) is 6.49. The van der Waals surface area contributed by atoms with E-state index in [1.807, 2.05) is 24.1 Å². The Labute approximate surface area is 152 Å². The van der Waals surface area contributed by atoms with E-state index in [9.17, 15) is 13.2 Å². The first-order chi connectivity index (χ1) is 11.9. The summed E-state index contributed by atoms with van der Waals surface area (Å²) < 4.78 is 23.3. The molecule has 1 atom stereocenters. The highest BCUT2D eigenvalue weighted by atomic mass is 35.5. The van der Waals surface area contributed by atoms with E-state index in [1.165, 1.54) is 0 Å². The van der Waals surface area contributed by atoms with Crippen LogP contribution < -0.4 is 10.2 Å². The summed E-state index contributed by atoms with van der Waals surface area (Å²) in [5.74, 6) is 0.163. The summed E-state index contributed by atoms with van der Waals surface area (Å²) in [7, 11) is -1.03. The molecular weight excluding hydrogens is 360 g/mol. The van der Waals surface area contributed by atoms with Gasteiger partial charge in [-0.1, -0.05) is 23.7 Å². The Morgan fingerprint density at radius 1 is 1.16 bits per heavy atom. The Bertz CT molecular complexity index is 881. The lowest BCUT2D eigenvalue weighted by atomic mass is 10.2. The minimum atomic E-state index is -2.92. The molecule has 2 aromatic rings. The van der Waals surface area contributed by atoms with Crippen molar-refractivity contribution in [1.29, 1.82) is 0 Å². The summed E-state index contributed by atoms with van der Waals surface area (Å²) in [6.07, 6.45) is 0.643. The molecule has 3 rings (SSSR count). The van der Waals surface area contributed by atoms with Crippen LogP contribution in [-0.2, 0) is 9.84 Å². The normalized spacial score (nSPS) is 18.7. The van der Waals surface area contributed by atoms with Gasteiger partial charge in [-0.25, -0.2) is 8.42 Å². The zero-order valence-corrected chi connectivity index (χ0v) is 15.3. The molecule has 1 fully saturated rings. The molecule has 5 nitrogen and oxygen atoms in total. The SMILES string of the molecule is CN(c1ccc(NC(=O)c2ccccc2Cl)cc1)C1CCS(=O)(=O)C1. The lowest BCUT2D eigenvalue weighted by Crippen LogP contribution is -2.32. The molecule has 7 heteroatoms. The summed E-state index contributed by atoms with van der Waals surface area (Å²) in [4.78, 5) is 14.2. The van der Waals surface area contributed by atoms with E-state index in [1.54, 1.807) is 36.4 Å². The Balaban J connectivity index is 1.68. The molecule has 1 saturated heterocycles. The molecule has 1 aliphatic rings. The maximum Gasteiger partial charge on any atom is 0.257 e. The molecule has 1 N–H and O–H groups in total. The molecule has 1 aliphatic heterocycles. The summed E-state index contributed by atoms with van der Waals surface area (Å²) in [5.41, 5.74) is 1.99. The molecule has 2 aromatic carbocycles. The van der Waals surface area contributed by atoms with Crippen LogP contribution in [0.1, 0.15) is 16.8 Å². The number of sulfone groups is 1. The Morgan fingerprint density at radius 3 is 2.44 bits per heavy atom. The summed E-state index contributed by atoms with van der Waals surface area (Å²) >= 11 is 6.03. The van der Waals surface area contributed by atoms with Crippen molar-refractivity contribution in [3.63, 3.8) is 0 Å². The molecule has 0 spiro atoms. The Hall–Kier alpha value is -2.05. The van der Waals surface area contributed by atoms with Gasteiger partial charge in [0.15, 0.2) is 9.84 Å². The van der Waals surface area contributed by atoms with E-state index < -0.39 is 9.84 Å². The van der Waals surface area contributed by atoms with Crippen LogP contribution in [0, 0.1) is 0 Å². The average molecular weight is 379 g/mol. The molecule has 25 heavy (non-hydrogen) atoms. The van der Waals surface area contributed by atoms with Crippen LogP contribution in [0.5, 0.6) is 0 Å². The van der Waals surface area contributed by atoms with Crippen molar-refractivity contribution < 1.29 is 13.2 Å². The van der Waals surface area contributed by atoms with Crippen LogP contribution in [0.15, 0.2) is 48.5 Å². The first-order valence-corrected chi connectivity index (χ1v) is 10.1. The van der Waals surface area contributed by atoms with E-state index >= 15 is 0 Å². The highest BCUT2D eigenvalue weighted by Crippen LogP contribution is 2.25. The van der Waals surface area contributed by atoms with Gasteiger partial charge in [0, 0.05) is 24.5 Å². The number of benzene rings is 2. The summed E-state index contributed by atoms with van der Waals surface area (Å²) in [6, 6.07) is 14.2. The van der Waals surface area contributed by atoms with Gasteiger partial charge in [-0.05, 0) is 42.8 Å². The van der Waals surface area contributed by atoms with Crippen LogP contribution in [-0.4, -0.2) is 38.9 Å². The topological polar surface area (TPSA) is 66.5 Å². The van der Waals surface area contributed by atoms with E-state index in [0.29, 0.717) is 22.7 Å². The molecular formula is C18H19ClN2O3S. The van der Waals surface area contributed by atoms with Crippen molar-refractivity contribution in [2.75, 3.05) is 28.8 Å². The number of nitrogens with one attached hydrogen (secondary N) is 1. The van der Waals surface area contributed by atoms with Crippen molar-refractivity contribution in [2.45, 2.75) is 12.5 Å². The van der Waals surface area contributed by atoms with E-state index in [2.05, 4.69) is 5.32 Å². The second-order valence-corrected chi connectivity index (χ2v) is 8.78. The molecule has 0 aromatic heterocycles. The first kappa shape index (κ1) is 17.8. The van der Waals surface area contributed by atoms with Gasteiger partial charge in [-0.3, -0.25) is 4.79 Å². The fraction of sp³-hybridized carbons (Fsp3) is 0.278. The van der Waals surface area contributed by atoms with Crippen LogP contribution in [0.25, 0.3) is 0 Å². The van der Waals surface area contributed by atoms with Crippen LogP contribution in [0.2, 0.25) is 5.02 Å².